The van der Waals surface area contributed by atoms with Crippen LogP contribution in [0.1, 0.15) is 47.2 Å². The third-order valence-electron chi connectivity index (χ3n) is 5.08. The third-order valence-corrected chi connectivity index (χ3v) is 6.32. The maximum Gasteiger partial charge on any atom is 0.243 e. The van der Waals surface area contributed by atoms with E-state index in [9.17, 15) is 4.79 Å². The molecule has 0 spiro atoms. The Morgan fingerprint density at radius 3 is 2.62 bits per heavy atom. The van der Waals surface area contributed by atoms with Gasteiger partial charge in [0.2, 0.25) is 5.91 Å². The van der Waals surface area contributed by atoms with Crippen LogP contribution in [0.4, 0.5) is 0 Å². The Hall–Kier alpha value is -0.940. The van der Waals surface area contributed by atoms with Crippen molar-refractivity contribution in [2.24, 2.45) is 0 Å². The molecule has 1 saturated heterocycles. The molecule has 0 aromatic carbocycles. The number of piperidine rings is 1. The molecule has 3 rings (SSSR count). The van der Waals surface area contributed by atoms with Crippen LogP contribution in [0.25, 0.3) is 0 Å². The Balaban J connectivity index is 1.73. The lowest BCUT2D eigenvalue weighted by atomic mass is 9.97. The summed E-state index contributed by atoms with van der Waals surface area (Å²) in [6.07, 6.45) is 4.27. The summed E-state index contributed by atoms with van der Waals surface area (Å²) in [5.74, 6) is 0.764. The number of likely N-dealkylation sites (tertiary alicyclic amines) is 1. The first-order chi connectivity index (χ1) is 9.94. The largest absolute Gasteiger partial charge is 0.340 e. The molecule has 1 aromatic heterocycles. The molecular formula is C16H25N3OS. The number of nitrogens with zero attached hydrogens (tertiary/aromatic N) is 3. The summed E-state index contributed by atoms with van der Waals surface area (Å²) in [6.45, 7) is 5.97. The zero-order valence-electron chi connectivity index (χ0n) is 13.5. The number of thiazole rings is 1. The van der Waals surface area contributed by atoms with Gasteiger partial charge in [0.15, 0.2) is 0 Å². The highest BCUT2D eigenvalue weighted by molar-refractivity contribution is 7.11. The monoisotopic (exact) mass is 307 g/mol. The van der Waals surface area contributed by atoms with Crippen molar-refractivity contribution >= 4 is 17.2 Å². The Labute approximate surface area is 131 Å². The van der Waals surface area contributed by atoms with Gasteiger partial charge in [-0.15, -0.1) is 11.3 Å². The average molecular weight is 307 g/mol. The van der Waals surface area contributed by atoms with Crippen molar-refractivity contribution in [1.29, 1.82) is 0 Å². The minimum atomic E-state index is -0.198. The second-order valence-electron chi connectivity index (χ2n) is 6.71. The van der Waals surface area contributed by atoms with Gasteiger partial charge in [-0.2, -0.15) is 0 Å². The Kier molecular flexibility index (Phi) is 3.82. The molecule has 116 valence electrons. The third kappa shape index (κ3) is 2.61. The van der Waals surface area contributed by atoms with E-state index in [-0.39, 0.29) is 5.54 Å². The molecule has 1 saturated carbocycles. The standard InChI is InChI=1S/C16H25N3OS/c1-11-12(2)21-14(17-11)13-6-5-9-19(10-13)15(20)16(7-8-16)18(3)4/h13H,5-10H2,1-4H3. The topological polar surface area (TPSA) is 36.4 Å². The molecule has 5 heteroatoms. The van der Waals surface area contributed by atoms with Crippen LogP contribution in [0.3, 0.4) is 0 Å². The molecule has 0 radical (unpaired) electrons. The maximum atomic E-state index is 12.8. The van der Waals surface area contributed by atoms with Crippen LogP contribution < -0.4 is 0 Å². The van der Waals surface area contributed by atoms with E-state index in [0.29, 0.717) is 11.8 Å². The summed E-state index contributed by atoms with van der Waals surface area (Å²) in [5.41, 5.74) is 0.946. The van der Waals surface area contributed by atoms with E-state index < -0.39 is 0 Å². The SMILES string of the molecule is Cc1nc(C2CCCN(C(=O)C3(N(C)C)CC3)C2)sc1C. The zero-order valence-corrected chi connectivity index (χ0v) is 14.3. The first-order valence-electron chi connectivity index (χ1n) is 7.85. The van der Waals surface area contributed by atoms with Gasteiger partial charge in [0, 0.05) is 23.9 Å². The average Bonchev–Trinajstić information content (AvgIpc) is 3.21. The number of hydrogen-bond acceptors (Lipinski definition) is 4. The van der Waals surface area contributed by atoms with Crippen LogP contribution in [-0.2, 0) is 4.79 Å². The highest BCUT2D eigenvalue weighted by atomic mass is 32.1. The van der Waals surface area contributed by atoms with Crippen molar-refractivity contribution < 1.29 is 4.79 Å². The van der Waals surface area contributed by atoms with Crippen molar-refractivity contribution in [2.75, 3.05) is 27.2 Å². The first-order valence-corrected chi connectivity index (χ1v) is 8.66. The van der Waals surface area contributed by atoms with E-state index in [1.807, 2.05) is 14.1 Å². The van der Waals surface area contributed by atoms with Crippen molar-refractivity contribution in [3.05, 3.63) is 15.6 Å². The lowest BCUT2D eigenvalue weighted by molar-refractivity contribution is -0.138. The number of amides is 1. The van der Waals surface area contributed by atoms with Gasteiger partial charge in [-0.3, -0.25) is 9.69 Å². The molecule has 1 aliphatic carbocycles. The minimum Gasteiger partial charge on any atom is -0.340 e. The van der Waals surface area contributed by atoms with Gasteiger partial charge < -0.3 is 4.90 Å². The maximum absolute atomic E-state index is 12.8. The molecule has 1 aliphatic heterocycles. The molecule has 1 aromatic rings. The molecule has 0 N–H and O–H groups in total. The highest BCUT2D eigenvalue weighted by Crippen LogP contribution is 2.43. The predicted octanol–water partition coefficient (Wildman–Crippen LogP) is 2.56. The number of rotatable bonds is 3. The fraction of sp³-hybridized carbons (Fsp3) is 0.750. The van der Waals surface area contributed by atoms with E-state index in [4.69, 9.17) is 4.98 Å². The van der Waals surface area contributed by atoms with Gasteiger partial charge >= 0.3 is 0 Å². The quantitative estimate of drug-likeness (QED) is 0.861. The van der Waals surface area contributed by atoms with Gasteiger partial charge in [-0.25, -0.2) is 4.98 Å². The number of aromatic nitrogens is 1. The van der Waals surface area contributed by atoms with Crippen molar-refractivity contribution in [2.45, 2.75) is 51.0 Å². The molecule has 1 amide bonds. The van der Waals surface area contributed by atoms with Gasteiger partial charge in [0.05, 0.1) is 10.7 Å². The van der Waals surface area contributed by atoms with Crippen molar-refractivity contribution in [1.82, 2.24) is 14.8 Å². The smallest absolute Gasteiger partial charge is 0.243 e. The highest BCUT2D eigenvalue weighted by Gasteiger charge is 2.54. The van der Waals surface area contributed by atoms with Gasteiger partial charge in [-0.05, 0) is 53.6 Å². The number of carbonyl (C=O) groups is 1. The van der Waals surface area contributed by atoms with E-state index in [1.165, 1.54) is 9.88 Å². The Bertz CT molecular complexity index is 528. The van der Waals surface area contributed by atoms with E-state index in [1.54, 1.807) is 11.3 Å². The van der Waals surface area contributed by atoms with Crippen LogP contribution in [-0.4, -0.2) is 53.4 Å². The lowest BCUT2D eigenvalue weighted by Crippen LogP contribution is -2.50. The molecular weight excluding hydrogens is 282 g/mol. The van der Waals surface area contributed by atoms with E-state index >= 15 is 0 Å². The van der Waals surface area contributed by atoms with Gasteiger partial charge in [-0.1, -0.05) is 0 Å². The van der Waals surface area contributed by atoms with E-state index in [2.05, 4.69) is 23.6 Å². The van der Waals surface area contributed by atoms with Crippen LogP contribution in [0, 0.1) is 13.8 Å². The summed E-state index contributed by atoms with van der Waals surface area (Å²) in [6, 6.07) is 0. The van der Waals surface area contributed by atoms with Crippen molar-refractivity contribution in [3.63, 3.8) is 0 Å². The van der Waals surface area contributed by atoms with Crippen LogP contribution in [0.2, 0.25) is 0 Å². The summed E-state index contributed by atoms with van der Waals surface area (Å²) >= 11 is 1.80. The van der Waals surface area contributed by atoms with Crippen LogP contribution in [0.15, 0.2) is 0 Å². The van der Waals surface area contributed by atoms with E-state index in [0.717, 1.165) is 44.5 Å². The molecule has 1 atom stereocenters. The van der Waals surface area contributed by atoms with Crippen LogP contribution in [0.5, 0.6) is 0 Å². The zero-order chi connectivity index (χ0) is 15.2. The normalized spacial score (nSPS) is 24.4. The van der Waals surface area contributed by atoms with Crippen LogP contribution >= 0.6 is 11.3 Å². The fourth-order valence-corrected chi connectivity index (χ4v) is 4.35. The first kappa shape index (κ1) is 15.0. The fourth-order valence-electron chi connectivity index (χ4n) is 3.30. The molecule has 2 fully saturated rings. The number of carbonyl (C=O) groups excluding carboxylic acids is 1. The summed E-state index contributed by atoms with van der Waals surface area (Å²) in [4.78, 5) is 23.1. The van der Waals surface area contributed by atoms with Gasteiger partial charge in [0.1, 0.15) is 5.54 Å². The summed E-state index contributed by atoms with van der Waals surface area (Å²) in [5, 5.41) is 1.22. The Morgan fingerprint density at radius 2 is 2.10 bits per heavy atom. The number of aryl methyl sites for hydroxylation is 2. The molecule has 21 heavy (non-hydrogen) atoms. The molecule has 2 aliphatic rings. The van der Waals surface area contributed by atoms with Crippen molar-refractivity contribution in [3.8, 4) is 0 Å². The number of likely N-dealkylation sites (N-methyl/N-ethyl adjacent to an activating group) is 1. The second kappa shape index (κ2) is 5.36. The second-order valence-corrected chi connectivity index (χ2v) is 7.94. The van der Waals surface area contributed by atoms with Gasteiger partial charge in [0.25, 0.3) is 0 Å². The molecule has 0 bridgehead atoms. The lowest BCUT2D eigenvalue weighted by Gasteiger charge is -2.36. The molecule has 2 heterocycles. The Morgan fingerprint density at radius 1 is 1.38 bits per heavy atom. The number of hydrogen-bond donors (Lipinski definition) is 0. The summed E-state index contributed by atoms with van der Waals surface area (Å²) < 4.78 is 0. The predicted molar refractivity (Wildman–Crippen MR) is 85.8 cm³/mol. The molecule has 4 nitrogen and oxygen atoms in total. The molecule has 1 unspecified atom stereocenters. The summed E-state index contributed by atoms with van der Waals surface area (Å²) in [7, 11) is 4.06. The minimum absolute atomic E-state index is 0.198.